The smallest absolute Gasteiger partial charge is 0.407 e. The molecule has 8 heteroatoms. The van der Waals surface area contributed by atoms with Gasteiger partial charge in [0.2, 0.25) is 5.91 Å². The Balaban J connectivity index is 1.34. The average Bonchev–Trinajstić information content (AvgIpc) is 3.47. The normalized spacial score (nSPS) is 20.4. The van der Waals surface area contributed by atoms with Crippen molar-refractivity contribution in [1.29, 1.82) is 0 Å². The number of amides is 2. The molecule has 8 nitrogen and oxygen atoms in total. The highest BCUT2D eigenvalue weighted by Crippen LogP contribution is 2.44. The van der Waals surface area contributed by atoms with Gasteiger partial charge in [0.15, 0.2) is 0 Å². The third kappa shape index (κ3) is 5.48. The first-order valence-corrected chi connectivity index (χ1v) is 12.1. The molecule has 0 spiro atoms. The standard InChI is InChI=1S/C27H32N2O6/c1-3-16(2)24(25(30)28-13-18-12-17(14-34-18)26(31)32)29-27(33)35-15-23-21-10-6-4-8-19(21)20-9-5-7-11-22(20)23/h4-11,16-18,23-24H,3,12-15H2,1-2H3,(H,28,30)(H,29,33)(H,31,32)/t16?,17-,18-,24?/m0/s1. The lowest BCUT2D eigenvalue weighted by Gasteiger charge is -2.24. The van der Waals surface area contributed by atoms with Crippen LogP contribution in [0.1, 0.15) is 43.7 Å². The van der Waals surface area contributed by atoms with Gasteiger partial charge >= 0.3 is 12.1 Å². The fraction of sp³-hybridized carbons (Fsp3) is 0.444. The van der Waals surface area contributed by atoms with E-state index in [4.69, 9.17) is 14.6 Å². The molecule has 4 atom stereocenters. The second-order valence-corrected chi connectivity index (χ2v) is 9.30. The Morgan fingerprint density at radius 1 is 1.09 bits per heavy atom. The predicted octanol–water partition coefficient (Wildman–Crippen LogP) is 3.55. The third-order valence-electron chi connectivity index (χ3n) is 7.05. The van der Waals surface area contributed by atoms with Crippen molar-refractivity contribution in [2.45, 2.75) is 44.8 Å². The van der Waals surface area contributed by atoms with Crippen LogP contribution in [0.25, 0.3) is 11.1 Å². The average molecular weight is 481 g/mol. The lowest BCUT2D eigenvalue weighted by atomic mass is 9.98. The molecular weight excluding hydrogens is 448 g/mol. The van der Waals surface area contributed by atoms with Gasteiger partial charge in [0, 0.05) is 12.5 Å². The maximum Gasteiger partial charge on any atom is 0.407 e. The summed E-state index contributed by atoms with van der Waals surface area (Å²) in [5.74, 6) is -1.97. The molecule has 0 aromatic heterocycles. The molecule has 1 aliphatic carbocycles. The molecule has 0 saturated carbocycles. The maximum absolute atomic E-state index is 12.9. The molecule has 2 unspecified atom stereocenters. The van der Waals surface area contributed by atoms with Crippen LogP contribution in [0.5, 0.6) is 0 Å². The van der Waals surface area contributed by atoms with Crippen molar-refractivity contribution in [3.05, 3.63) is 59.7 Å². The number of hydrogen-bond donors (Lipinski definition) is 3. The van der Waals surface area contributed by atoms with E-state index in [0.29, 0.717) is 12.8 Å². The van der Waals surface area contributed by atoms with Crippen LogP contribution in [-0.2, 0) is 19.1 Å². The number of hydrogen-bond acceptors (Lipinski definition) is 5. The SMILES string of the molecule is CCC(C)C(NC(=O)OCC1c2ccccc2-c2ccccc21)C(=O)NC[C@@H]1C[C@H](C(=O)O)CO1. The second-order valence-electron chi connectivity index (χ2n) is 9.30. The first-order valence-electron chi connectivity index (χ1n) is 12.1. The molecule has 1 heterocycles. The van der Waals surface area contributed by atoms with Crippen molar-refractivity contribution >= 4 is 18.0 Å². The van der Waals surface area contributed by atoms with Crippen LogP contribution < -0.4 is 10.6 Å². The van der Waals surface area contributed by atoms with E-state index in [-0.39, 0.29) is 43.6 Å². The summed E-state index contributed by atoms with van der Waals surface area (Å²) in [6.45, 7) is 4.34. The number of carbonyl (C=O) groups is 3. The number of carboxylic acids is 1. The first kappa shape index (κ1) is 24.7. The number of ether oxygens (including phenoxy) is 2. The zero-order chi connectivity index (χ0) is 24.9. The minimum absolute atomic E-state index is 0.0641. The number of rotatable bonds is 9. The lowest BCUT2D eigenvalue weighted by molar-refractivity contribution is -0.141. The van der Waals surface area contributed by atoms with Crippen LogP contribution in [0.4, 0.5) is 4.79 Å². The van der Waals surface area contributed by atoms with Gasteiger partial charge in [-0.25, -0.2) is 4.79 Å². The van der Waals surface area contributed by atoms with E-state index in [2.05, 4.69) is 34.9 Å². The van der Waals surface area contributed by atoms with Crippen LogP contribution in [-0.4, -0.2) is 55.0 Å². The van der Waals surface area contributed by atoms with Crippen LogP contribution in [0.2, 0.25) is 0 Å². The molecule has 1 saturated heterocycles. The zero-order valence-corrected chi connectivity index (χ0v) is 20.0. The Morgan fingerprint density at radius 3 is 2.29 bits per heavy atom. The Hall–Kier alpha value is -3.39. The minimum atomic E-state index is -0.895. The van der Waals surface area contributed by atoms with Crippen molar-refractivity contribution in [2.75, 3.05) is 19.8 Å². The van der Waals surface area contributed by atoms with E-state index in [1.165, 1.54) is 0 Å². The maximum atomic E-state index is 12.9. The van der Waals surface area contributed by atoms with Crippen molar-refractivity contribution in [1.82, 2.24) is 10.6 Å². The van der Waals surface area contributed by atoms with Gasteiger partial charge in [-0.2, -0.15) is 0 Å². The molecule has 2 aliphatic rings. The highest BCUT2D eigenvalue weighted by molar-refractivity contribution is 5.86. The van der Waals surface area contributed by atoms with Crippen molar-refractivity contribution in [3.8, 4) is 11.1 Å². The van der Waals surface area contributed by atoms with E-state index in [9.17, 15) is 14.4 Å². The number of nitrogens with one attached hydrogen (secondary N) is 2. The minimum Gasteiger partial charge on any atom is -0.481 e. The molecule has 0 radical (unpaired) electrons. The number of carbonyl (C=O) groups excluding carboxylic acids is 2. The number of fused-ring (bicyclic) bond motifs is 3. The largest absolute Gasteiger partial charge is 0.481 e. The number of alkyl carbamates (subject to hydrolysis) is 1. The predicted molar refractivity (Wildman–Crippen MR) is 130 cm³/mol. The van der Waals surface area contributed by atoms with E-state index >= 15 is 0 Å². The molecular formula is C27H32N2O6. The summed E-state index contributed by atoms with van der Waals surface area (Å²) in [7, 11) is 0. The lowest BCUT2D eigenvalue weighted by Crippen LogP contribution is -2.51. The molecule has 1 fully saturated rings. The fourth-order valence-electron chi connectivity index (χ4n) is 4.81. The van der Waals surface area contributed by atoms with E-state index in [0.717, 1.165) is 22.3 Å². The first-order chi connectivity index (χ1) is 16.9. The summed E-state index contributed by atoms with van der Waals surface area (Å²) in [5.41, 5.74) is 4.53. The summed E-state index contributed by atoms with van der Waals surface area (Å²) >= 11 is 0. The molecule has 186 valence electrons. The van der Waals surface area contributed by atoms with Gasteiger partial charge < -0.3 is 25.2 Å². The van der Waals surface area contributed by atoms with Crippen molar-refractivity contribution in [2.24, 2.45) is 11.8 Å². The molecule has 1 aliphatic heterocycles. The number of carboxylic acid groups (broad SMARTS) is 1. The van der Waals surface area contributed by atoms with Crippen LogP contribution in [0.15, 0.2) is 48.5 Å². The molecule has 0 bridgehead atoms. The Bertz CT molecular complexity index is 1040. The third-order valence-corrected chi connectivity index (χ3v) is 7.05. The Kier molecular flexibility index (Phi) is 7.70. The zero-order valence-electron chi connectivity index (χ0n) is 20.0. The quantitative estimate of drug-likeness (QED) is 0.506. The molecule has 4 rings (SSSR count). The van der Waals surface area contributed by atoms with Gasteiger partial charge in [0.25, 0.3) is 0 Å². The van der Waals surface area contributed by atoms with Gasteiger partial charge in [-0.15, -0.1) is 0 Å². The summed E-state index contributed by atoms with van der Waals surface area (Å²) in [6, 6.07) is 15.4. The monoisotopic (exact) mass is 480 g/mol. The molecule has 2 aromatic carbocycles. The van der Waals surface area contributed by atoms with Gasteiger partial charge in [-0.05, 0) is 34.6 Å². The molecule has 3 N–H and O–H groups in total. The van der Waals surface area contributed by atoms with Gasteiger partial charge in [0.1, 0.15) is 12.6 Å². The molecule has 35 heavy (non-hydrogen) atoms. The van der Waals surface area contributed by atoms with Crippen LogP contribution >= 0.6 is 0 Å². The fourth-order valence-corrected chi connectivity index (χ4v) is 4.81. The molecule has 2 amide bonds. The van der Waals surface area contributed by atoms with E-state index in [1.807, 2.05) is 38.1 Å². The van der Waals surface area contributed by atoms with Crippen molar-refractivity contribution < 1.29 is 29.0 Å². The van der Waals surface area contributed by atoms with Crippen molar-refractivity contribution in [3.63, 3.8) is 0 Å². The number of aliphatic carboxylic acids is 1. The Labute approximate surface area is 205 Å². The van der Waals surface area contributed by atoms with Gasteiger partial charge in [0.05, 0.1) is 18.6 Å². The van der Waals surface area contributed by atoms with Crippen LogP contribution in [0.3, 0.4) is 0 Å². The molecule has 2 aromatic rings. The highest BCUT2D eigenvalue weighted by Gasteiger charge is 2.33. The summed E-state index contributed by atoms with van der Waals surface area (Å²) in [6.07, 6.45) is 0.0362. The second kappa shape index (κ2) is 10.9. The van der Waals surface area contributed by atoms with Gasteiger partial charge in [-0.1, -0.05) is 68.8 Å². The summed E-state index contributed by atoms with van der Waals surface area (Å²) in [5, 5.41) is 14.6. The highest BCUT2D eigenvalue weighted by atomic mass is 16.5. The summed E-state index contributed by atoms with van der Waals surface area (Å²) < 4.78 is 11.1. The Morgan fingerprint density at radius 2 is 1.71 bits per heavy atom. The number of benzene rings is 2. The van der Waals surface area contributed by atoms with E-state index in [1.54, 1.807) is 0 Å². The van der Waals surface area contributed by atoms with E-state index < -0.39 is 24.0 Å². The van der Waals surface area contributed by atoms with Crippen LogP contribution in [0, 0.1) is 11.8 Å². The van der Waals surface area contributed by atoms with Gasteiger partial charge in [-0.3, -0.25) is 9.59 Å². The summed E-state index contributed by atoms with van der Waals surface area (Å²) in [4.78, 5) is 36.7. The topological polar surface area (TPSA) is 114 Å².